The molecule has 0 atom stereocenters. The van der Waals surface area contributed by atoms with Gasteiger partial charge in [0.05, 0.1) is 12.1 Å². The lowest BCUT2D eigenvalue weighted by atomic mass is 10.0. The summed E-state index contributed by atoms with van der Waals surface area (Å²) in [5.74, 6) is 0.697. The van der Waals surface area contributed by atoms with E-state index in [1.807, 2.05) is 42.5 Å². The standard InChI is InChI=1S/C22H30N2O2/c1-22(2,3)24-15-9-14-23-21(25)17-26-20-13-8-7-12-19(20)16-18-10-5-4-6-11-18/h4-8,10-13,24H,9,14-17H2,1-3H3,(H,23,25)/p+1. The first-order valence-electron chi connectivity index (χ1n) is 9.30. The number of hydrogen-bond donors (Lipinski definition) is 2. The molecule has 0 unspecified atom stereocenters. The van der Waals surface area contributed by atoms with Gasteiger partial charge in [-0.25, -0.2) is 0 Å². The van der Waals surface area contributed by atoms with Crippen molar-refractivity contribution in [3.05, 3.63) is 65.7 Å². The van der Waals surface area contributed by atoms with Gasteiger partial charge in [-0.05, 0) is 38.0 Å². The predicted octanol–water partition coefficient (Wildman–Crippen LogP) is 2.52. The topological polar surface area (TPSA) is 54.9 Å². The van der Waals surface area contributed by atoms with Crippen LogP contribution in [0, 0.1) is 0 Å². The summed E-state index contributed by atoms with van der Waals surface area (Å²) in [6.45, 7) is 8.30. The van der Waals surface area contributed by atoms with E-state index in [4.69, 9.17) is 4.74 Å². The van der Waals surface area contributed by atoms with Crippen molar-refractivity contribution >= 4 is 5.91 Å². The Labute approximate surface area is 157 Å². The number of nitrogens with one attached hydrogen (secondary N) is 1. The highest BCUT2D eigenvalue weighted by atomic mass is 16.5. The summed E-state index contributed by atoms with van der Waals surface area (Å²) in [6, 6.07) is 18.2. The maximum Gasteiger partial charge on any atom is 0.257 e. The van der Waals surface area contributed by atoms with Crippen molar-refractivity contribution in [1.82, 2.24) is 5.32 Å². The minimum atomic E-state index is -0.0738. The fourth-order valence-electron chi connectivity index (χ4n) is 2.67. The van der Waals surface area contributed by atoms with Crippen molar-refractivity contribution in [2.45, 2.75) is 39.2 Å². The van der Waals surface area contributed by atoms with Crippen molar-refractivity contribution in [3.8, 4) is 5.75 Å². The van der Waals surface area contributed by atoms with Gasteiger partial charge in [0.1, 0.15) is 5.75 Å². The molecule has 2 aromatic carbocycles. The minimum Gasteiger partial charge on any atom is -0.483 e. The van der Waals surface area contributed by atoms with Crippen LogP contribution in [0.2, 0.25) is 0 Å². The molecule has 0 radical (unpaired) electrons. The summed E-state index contributed by atoms with van der Waals surface area (Å²) in [4.78, 5) is 12.0. The molecule has 3 N–H and O–H groups in total. The molecule has 0 fully saturated rings. The van der Waals surface area contributed by atoms with Gasteiger partial charge in [0, 0.05) is 19.4 Å². The smallest absolute Gasteiger partial charge is 0.257 e. The van der Waals surface area contributed by atoms with Crippen molar-refractivity contribution in [1.29, 1.82) is 0 Å². The number of amides is 1. The monoisotopic (exact) mass is 355 g/mol. The van der Waals surface area contributed by atoms with Crippen LogP contribution in [0.15, 0.2) is 54.6 Å². The molecule has 4 nitrogen and oxygen atoms in total. The van der Waals surface area contributed by atoms with Crippen LogP contribution in [0.5, 0.6) is 5.75 Å². The van der Waals surface area contributed by atoms with Crippen LogP contribution in [0.25, 0.3) is 0 Å². The number of para-hydroxylation sites is 1. The maximum absolute atomic E-state index is 12.0. The highest BCUT2D eigenvalue weighted by Gasteiger charge is 2.12. The Balaban J connectivity index is 1.76. The lowest BCUT2D eigenvalue weighted by molar-refractivity contribution is -0.717. The number of nitrogens with two attached hydrogens (primary N) is 1. The van der Waals surface area contributed by atoms with E-state index in [0.717, 1.165) is 30.7 Å². The van der Waals surface area contributed by atoms with Crippen molar-refractivity contribution < 1.29 is 14.8 Å². The molecule has 0 heterocycles. The molecule has 2 aromatic rings. The molecule has 0 spiro atoms. The van der Waals surface area contributed by atoms with Crippen molar-refractivity contribution in [3.63, 3.8) is 0 Å². The Hall–Kier alpha value is -2.33. The summed E-state index contributed by atoms with van der Waals surface area (Å²) in [5.41, 5.74) is 2.55. The van der Waals surface area contributed by atoms with E-state index < -0.39 is 0 Å². The molecule has 0 aliphatic heterocycles. The fourth-order valence-corrected chi connectivity index (χ4v) is 2.67. The van der Waals surface area contributed by atoms with E-state index in [1.165, 1.54) is 5.56 Å². The Bertz CT molecular complexity index is 678. The number of carbonyl (C=O) groups excluding carboxylic acids is 1. The van der Waals surface area contributed by atoms with Gasteiger partial charge in [-0.3, -0.25) is 4.79 Å². The summed E-state index contributed by atoms with van der Waals surface area (Å²) in [6.07, 6.45) is 1.74. The van der Waals surface area contributed by atoms with Gasteiger partial charge in [-0.2, -0.15) is 0 Å². The number of quaternary nitrogens is 1. The van der Waals surface area contributed by atoms with Crippen LogP contribution in [0.1, 0.15) is 38.3 Å². The van der Waals surface area contributed by atoms with E-state index in [2.05, 4.69) is 43.5 Å². The van der Waals surface area contributed by atoms with Gasteiger partial charge in [0.15, 0.2) is 6.61 Å². The first-order valence-corrected chi connectivity index (χ1v) is 9.30. The largest absolute Gasteiger partial charge is 0.483 e. The SMILES string of the molecule is CC(C)(C)[NH2+]CCCNC(=O)COc1ccccc1Cc1ccccc1. The highest BCUT2D eigenvalue weighted by molar-refractivity contribution is 5.77. The molecule has 1 amide bonds. The van der Waals surface area contributed by atoms with Crippen LogP contribution < -0.4 is 15.4 Å². The number of ether oxygens (including phenoxy) is 1. The third-order valence-corrected chi connectivity index (χ3v) is 4.03. The summed E-state index contributed by atoms with van der Waals surface area (Å²) < 4.78 is 5.76. The molecular formula is C22H31N2O2+. The second-order valence-corrected chi connectivity index (χ2v) is 7.62. The molecule has 0 saturated carbocycles. The predicted molar refractivity (Wildman–Crippen MR) is 105 cm³/mol. The quantitative estimate of drug-likeness (QED) is 0.679. The zero-order valence-electron chi connectivity index (χ0n) is 16.1. The molecule has 0 aliphatic rings. The van der Waals surface area contributed by atoms with Gasteiger partial charge in [0.2, 0.25) is 0 Å². The van der Waals surface area contributed by atoms with Crippen LogP contribution in [-0.4, -0.2) is 31.1 Å². The molecule has 0 aromatic heterocycles. The summed E-state index contributed by atoms with van der Waals surface area (Å²) in [5, 5.41) is 5.21. The van der Waals surface area contributed by atoms with Crippen LogP contribution >= 0.6 is 0 Å². The van der Waals surface area contributed by atoms with Crippen molar-refractivity contribution in [2.75, 3.05) is 19.7 Å². The number of hydrogen-bond acceptors (Lipinski definition) is 2. The molecule has 2 rings (SSSR count). The van der Waals surface area contributed by atoms with Gasteiger partial charge < -0.3 is 15.4 Å². The maximum atomic E-state index is 12.0. The Morgan fingerprint density at radius 3 is 2.46 bits per heavy atom. The Morgan fingerprint density at radius 1 is 1.04 bits per heavy atom. The van der Waals surface area contributed by atoms with E-state index in [0.29, 0.717) is 6.54 Å². The van der Waals surface area contributed by atoms with Crippen molar-refractivity contribution in [2.24, 2.45) is 0 Å². The summed E-state index contributed by atoms with van der Waals surface area (Å²) >= 11 is 0. The van der Waals surface area contributed by atoms with E-state index in [9.17, 15) is 4.79 Å². The lowest BCUT2D eigenvalue weighted by Gasteiger charge is -2.16. The van der Waals surface area contributed by atoms with Gasteiger partial charge in [-0.15, -0.1) is 0 Å². The average molecular weight is 356 g/mol. The lowest BCUT2D eigenvalue weighted by Crippen LogP contribution is -2.94. The van der Waals surface area contributed by atoms with Crippen LogP contribution in [0.3, 0.4) is 0 Å². The van der Waals surface area contributed by atoms with E-state index in [1.54, 1.807) is 0 Å². The second-order valence-electron chi connectivity index (χ2n) is 7.62. The van der Waals surface area contributed by atoms with Crippen LogP contribution in [-0.2, 0) is 11.2 Å². The highest BCUT2D eigenvalue weighted by Crippen LogP contribution is 2.21. The third kappa shape index (κ3) is 7.70. The molecule has 0 aliphatic carbocycles. The fraction of sp³-hybridized carbons (Fsp3) is 0.409. The average Bonchev–Trinajstić information content (AvgIpc) is 2.60. The molecular weight excluding hydrogens is 324 g/mol. The zero-order valence-corrected chi connectivity index (χ0v) is 16.1. The first kappa shape index (κ1) is 20.0. The molecule has 26 heavy (non-hydrogen) atoms. The van der Waals surface area contributed by atoms with Gasteiger partial charge >= 0.3 is 0 Å². The summed E-state index contributed by atoms with van der Waals surface area (Å²) in [7, 11) is 0. The van der Waals surface area contributed by atoms with Gasteiger partial charge in [0.25, 0.3) is 5.91 Å². The zero-order chi connectivity index (χ0) is 18.8. The second kappa shape index (κ2) is 9.97. The molecule has 4 heteroatoms. The molecule has 0 saturated heterocycles. The minimum absolute atomic E-state index is 0.0504. The first-order chi connectivity index (χ1) is 12.4. The molecule has 140 valence electrons. The van der Waals surface area contributed by atoms with Gasteiger partial charge in [-0.1, -0.05) is 48.5 Å². The Morgan fingerprint density at radius 2 is 1.73 bits per heavy atom. The van der Waals surface area contributed by atoms with E-state index in [-0.39, 0.29) is 18.1 Å². The normalized spacial score (nSPS) is 11.2. The van der Waals surface area contributed by atoms with Crippen LogP contribution in [0.4, 0.5) is 0 Å². The molecule has 0 bridgehead atoms. The number of rotatable bonds is 9. The third-order valence-electron chi connectivity index (χ3n) is 4.03. The van der Waals surface area contributed by atoms with E-state index >= 15 is 0 Å². The number of carbonyl (C=O) groups is 1. The Kier molecular flexibility index (Phi) is 7.67. The number of benzene rings is 2.